The molecule has 3 aromatic carbocycles. The Balaban J connectivity index is 2.16. The molecule has 29 heavy (non-hydrogen) atoms. The van der Waals surface area contributed by atoms with Crippen LogP contribution >= 0.6 is 23.2 Å². The zero-order valence-electron chi connectivity index (χ0n) is 16.1. The smallest absolute Gasteiger partial charge is 0.355 e. The first kappa shape index (κ1) is 19.6. The van der Waals surface area contributed by atoms with Crippen molar-refractivity contribution in [3.8, 4) is 5.69 Å². The summed E-state index contributed by atoms with van der Waals surface area (Å²) in [6, 6.07) is 17.5. The minimum absolute atomic E-state index is 0.183. The van der Waals surface area contributed by atoms with Crippen LogP contribution in [0.2, 0.25) is 10.0 Å². The summed E-state index contributed by atoms with van der Waals surface area (Å²) in [6.07, 6.45) is 0. The van der Waals surface area contributed by atoms with Crippen LogP contribution in [0.15, 0.2) is 54.6 Å². The first-order chi connectivity index (χ1) is 14.0. The van der Waals surface area contributed by atoms with Crippen molar-refractivity contribution >= 4 is 56.5 Å². The van der Waals surface area contributed by atoms with E-state index in [1.807, 2.05) is 67.3 Å². The first-order valence-corrected chi connectivity index (χ1v) is 10.2. The van der Waals surface area contributed by atoms with E-state index in [4.69, 9.17) is 23.2 Å². The molecule has 4 rings (SSSR count). The van der Waals surface area contributed by atoms with Crippen LogP contribution < -0.4 is 4.90 Å². The summed E-state index contributed by atoms with van der Waals surface area (Å²) in [5.41, 5.74) is 2.26. The maximum Gasteiger partial charge on any atom is 0.355 e. The van der Waals surface area contributed by atoms with Gasteiger partial charge in [-0.2, -0.15) is 0 Å². The molecule has 1 aromatic heterocycles. The molecule has 0 spiro atoms. The average molecular weight is 427 g/mol. The summed E-state index contributed by atoms with van der Waals surface area (Å²) in [5, 5.41) is 13.8. The van der Waals surface area contributed by atoms with E-state index in [1.165, 1.54) is 0 Å². The van der Waals surface area contributed by atoms with Gasteiger partial charge in [-0.25, -0.2) is 4.79 Å². The molecule has 148 valence electrons. The highest BCUT2D eigenvalue weighted by Crippen LogP contribution is 2.43. The number of nitrogens with zero attached hydrogens (tertiary/aromatic N) is 2. The van der Waals surface area contributed by atoms with Crippen molar-refractivity contribution in [2.75, 3.05) is 18.0 Å². The minimum Gasteiger partial charge on any atom is -0.476 e. The highest BCUT2D eigenvalue weighted by atomic mass is 35.5. The maximum atomic E-state index is 12.5. The monoisotopic (exact) mass is 426 g/mol. The number of anilines is 1. The number of hydrogen-bond acceptors (Lipinski definition) is 2. The Morgan fingerprint density at radius 3 is 2.34 bits per heavy atom. The molecule has 1 heterocycles. The number of aromatic carboxylic acids is 1. The lowest BCUT2D eigenvalue weighted by Crippen LogP contribution is -2.24. The molecule has 4 aromatic rings. The largest absolute Gasteiger partial charge is 0.476 e. The lowest BCUT2D eigenvalue weighted by atomic mass is 10.1. The standard InChI is InChI=1S/C23H20Cl2N2O2/c1-3-26(4-2)21-19-18(12-11-17(24)20(19)25)27(22(21)23(28)29)16-10-9-14-7-5-6-8-15(14)13-16/h5-13H,3-4H2,1-2H3,(H,28,29). The summed E-state index contributed by atoms with van der Waals surface area (Å²) in [7, 11) is 0. The van der Waals surface area contributed by atoms with Crippen molar-refractivity contribution in [1.82, 2.24) is 4.57 Å². The van der Waals surface area contributed by atoms with Gasteiger partial charge in [-0.15, -0.1) is 0 Å². The molecule has 0 bridgehead atoms. The van der Waals surface area contributed by atoms with Crippen molar-refractivity contribution in [1.29, 1.82) is 0 Å². The lowest BCUT2D eigenvalue weighted by molar-refractivity contribution is 0.0689. The molecular formula is C23H20Cl2N2O2. The Bertz CT molecular complexity index is 1240. The molecule has 0 radical (unpaired) electrons. The zero-order chi connectivity index (χ0) is 20.7. The van der Waals surface area contributed by atoms with Crippen molar-refractivity contribution in [3.63, 3.8) is 0 Å². The third-order valence-corrected chi connectivity index (χ3v) is 6.08. The van der Waals surface area contributed by atoms with Crippen molar-refractivity contribution in [2.45, 2.75) is 13.8 Å². The fraction of sp³-hybridized carbons (Fsp3) is 0.174. The van der Waals surface area contributed by atoms with Crippen molar-refractivity contribution in [3.05, 3.63) is 70.3 Å². The van der Waals surface area contributed by atoms with E-state index >= 15 is 0 Å². The molecule has 0 saturated heterocycles. The van der Waals surface area contributed by atoms with Gasteiger partial charge in [-0.05, 0) is 48.9 Å². The second-order valence-corrected chi connectivity index (χ2v) is 7.58. The first-order valence-electron chi connectivity index (χ1n) is 9.47. The fourth-order valence-corrected chi connectivity index (χ4v) is 4.33. The second kappa shape index (κ2) is 7.62. The van der Waals surface area contributed by atoms with E-state index in [-0.39, 0.29) is 5.69 Å². The number of rotatable bonds is 5. The van der Waals surface area contributed by atoms with Gasteiger partial charge in [0.25, 0.3) is 0 Å². The number of fused-ring (bicyclic) bond motifs is 2. The van der Waals surface area contributed by atoms with Crippen LogP contribution in [0.1, 0.15) is 24.3 Å². The van der Waals surface area contributed by atoms with Gasteiger partial charge in [0.15, 0.2) is 5.69 Å². The molecule has 1 N–H and O–H groups in total. The summed E-state index contributed by atoms with van der Waals surface area (Å²) in [5.74, 6) is -1.01. The van der Waals surface area contributed by atoms with E-state index < -0.39 is 5.97 Å². The molecule has 0 fully saturated rings. The number of halogens is 2. The van der Waals surface area contributed by atoms with Gasteiger partial charge < -0.3 is 14.6 Å². The van der Waals surface area contributed by atoms with E-state index in [0.717, 1.165) is 16.5 Å². The van der Waals surface area contributed by atoms with Gasteiger partial charge in [-0.1, -0.05) is 53.5 Å². The summed E-state index contributed by atoms with van der Waals surface area (Å²) in [4.78, 5) is 14.5. The van der Waals surface area contributed by atoms with Gasteiger partial charge in [0, 0.05) is 24.2 Å². The molecule has 6 heteroatoms. The maximum absolute atomic E-state index is 12.5. The Kier molecular flexibility index (Phi) is 5.15. The normalized spacial score (nSPS) is 11.3. The topological polar surface area (TPSA) is 45.5 Å². The zero-order valence-corrected chi connectivity index (χ0v) is 17.6. The Morgan fingerprint density at radius 2 is 1.69 bits per heavy atom. The molecule has 0 saturated carbocycles. The SMILES string of the molecule is CCN(CC)c1c(C(=O)O)n(-c2ccc3ccccc3c2)c2ccc(Cl)c(Cl)c12. The van der Waals surface area contributed by atoms with Crippen LogP contribution in [0.25, 0.3) is 27.4 Å². The molecule has 0 aliphatic heterocycles. The van der Waals surface area contributed by atoms with E-state index in [2.05, 4.69) is 0 Å². The van der Waals surface area contributed by atoms with Gasteiger partial charge in [-0.3, -0.25) is 0 Å². The molecule has 0 atom stereocenters. The summed E-state index contributed by atoms with van der Waals surface area (Å²) in [6.45, 7) is 5.28. The number of carbonyl (C=O) groups is 1. The third kappa shape index (κ3) is 3.13. The lowest BCUT2D eigenvalue weighted by Gasteiger charge is -2.22. The minimum atomic E-state index is -1.01. The Morgan fingerprint density at radius 1 is 1.00 bits per heavy atom. The summed E-state index contributed by atoms with van der Waals surface area (Å²) >= 11 is 12.9. The Hall–Kier alpha value is -2.69. The molecule has 0 aliphatic rings. The average Bonchev–Trinajstić information content (AvgIpc) is 3.07. The third-order valence-electron chi connectivity index (χ3n) is 5.27. The van der Waals surface area contributed by atoms with E-state index in [0.29, 0.717) is 39.7 Å². The highest BCUT2D eigenvalue weighted by Gasteiger charge is 2.28. The second-order valence-electron chi connectivity index (χ2n) is 6.80. The number of carboxylic acids is 1. The van der Waals surface area contributed by atoms with Gasteiger partial charge in [0.1, 0.15) is 0 Å². The van der Waals surface area contributed by atoms with Crippen molar-refractivity contribution in [2.24, 2.45) is 0 Å². The van der Waals surface area contributed by atoms with Gasteiger partial charge in [0.05, 0.1) is 21.2 Å². The van der Waals surface area contributed by atoms with Crippen molar-refractivity contribution < 1.29 is 9.90 Å². The number of aromatic nitrogens is 1. The van der Waals surface area contributed by atoms with Crippen LogP contribution in [0.4, 0.5) is 5.69 Å². The predicted molar refractivity (Wildman–Crippen MR) is 121 cm³/mol. The van der Waals surface area contributed by atoms with Crippen LogP contribution in [-0.2, 0) is 0 Å². The molecule has 0 amide bonds. The van der Waals surface area contributed by atoms with Gasteiger partial charge in [0.2, 0.25) is 0 Å². The molecule has 4 nitrogen and oxygen atoms in total. The fourth-order valence-electron chi connectivity index (χ4n) is 3.93. The van der Waals surface area contributed by atoms with E-state index in [1.54, 1.807) is 10.6 Å². The number of carboxylic acid groups (broad SMARTS) is 1. The summed E-state index contributed by atoms with van der Waals surface area (Å²) < 4.78 is 1.76. The molecule has 0 aliphatic carbocycles. The number of benzene rings is 3. The molecular weight excluding hydrogens is 407 g/mol. The Labute approximate surface area is 178 Å². The van der Waals surface area contributed by atoms with Crippen LogP contribution in [0, 0.1) is 0 Å². The van der Waals surface area contributed by atoms with Crippen LogP contribution in [-0.4, -0.2) is 28.7 Å². The van der Waals surface area contributed by atoms with E-state index in [9.17, 15) is 9.90 Å². The highest BCUT2D eigenvalue weighted by molar-refractivity contribution is 6.46. The van der Waals surface area contributed by atoms with Crippen LogP contribution in [0.3, 0.4) is 0 Å². The molecule has 0 unspecified atom stereocenters. The van der Waals surface area contributed by atoms with Crippen LogP contribution in [0.5, 0.6) is 0 Å². The number of hydrogen-bond donors (Lipinski definition) is 1. The quantitative estimate of drug-likeness (QED) is 0.389. The predicted octanol–water partition coefficient (Wildman–Crippen LogP) is 6.63. The van der Waals surface area contributed by atoms with Gasteiger partial charge >= 0.3 is 5.97 Å².